The highest BCUT2D eigenvalue weighted by Crippen LogP contribution is 2.25. The van der Waals surface area contributed by atoms with Gasteiger partial charge in [0.25, 0.3) is 5.69 Å². The molecular formula is C19H17N3O3S. The van der Waals surface area contributed by atoms with E-state index < -0.39 is 4.92 Å². The van der Waals surface area contributed by atoms with Crippen molar-refractivity contribution in [3.05, 3.63) is 92.7 Å². The quantitative estimate of drug-likeness (QED) is 0.489. The van der Waals surface area contributed by atoms with E-state index in [0.717, 1.165) is 10.4 Å². The number of carbonyl (C=O) groups excluding carboxylic acids is 1. The summed E-state index contributed by atoms with van der Waals surface area (Å²) in [7, 11) is 0. The van der Waals surface area contributed by atoms with E-state index in [1.807, 2.05) is 47.8 Å². The lowest BCUT2D eigenvalue weighted by Crippen LogP contribution is -2.31. The van der Waals surface area contributed by atoms with Crippen LogP contribution >= 0.6 is 11.3 Å². The van der Waals surface area contributed by atoms with E-state index in [0.29, 0.717) is 5.69 Å². The summed E-state index contributed by atoms with van der Waals surface area (Å²) in [6.07, 6.45) is 0. The minimum atomic E-state index is -0.474. The number of hydrogen-bond acceptors (Lipinski definition) is 5. The molecule has 26 heavy (non-hydrogen) atoms. The molecular weight excluding hydrogens is 350 g/mol. The fraction of sp³-hybridized carbons (Fsp3) is 0.105. The monoisotopic (exact) mass is 367 g/mol. The van der Waals surface area contributed by atoms with Gasteiger partial charge < -0.3 is 5.32 Å². The predicted molar refractivity (Wildman–Crippen MR) is 102 cm³/mol. The molecule has 1 aromatic heterocycles. The Morgan fingerprint density at radius 1 is 1.04 bits per heavy atom. The minimum Gasteiger partial charge on any atom is -0.325 e. The van der Waals surface area contributed by atoms with Crippen molar-refractivity contribution in [2.45, 2.75) is 6.04 Å². The van der Waals surface area contributed by atoms with Crippen LogP contribution < -0.4 is 10.6 Å². The van der Waals surface area contributed by atoms with Gasteiger partial charge in [-0.25, -0.2) is 0 Å². The lowest BCUT2D eigenvalue weighted by molar-refractivity contribution is -0.384. The molecule has 1 atom stereocenters. The van der Waals surface area contributed by atoms with Gasteiger partial charge in [-0.15, -0.1) is 11.3 Å². The highest BCUT2D eigenvalue weighted by molar-refractivity contribution is 7.10. The number of carbonyl (C=O) groups is 1. The van der Waals surface area contributed by atoms with E-state index in [1.54, 1.807) is 11.3 Å². The topological polar surface area (TPSA) is 84.3 Å². The Balaban J connectivity index is 1.63. The van der Waals surface area contributed by atoms with Gasteiger partial charge in [0, 0.05) is 22.7 Å². The highest BCUT2D eigenvalue weighted by atomic mass is 32.1. The van der Waals surface area contributed by atoms with Gasteiger partial charge in [0.15, 0.2) is 0 Å². The first-order valence-corrected chi connectivity index (χ1v) is 8.87. The fourth-order valence-electron chi connectivity index (χ4n) is 2.55. The maximum atomic E-state index is 12.2. The van der Waals surface area contributed by atoms with Gasteiger partial charge in [-0.3, -0.25) is 20.2 Å². The number of amides is 1. The average Bonchev–Trinajstić information content (AvgIpc) is 3.17. The molecule has 0 saturated carbocycles. The first-order valence-electron chi connectivity index (χ1n) is 7.99. The maximum absolute atomic E-state index is 12.2. The molecule has 0 saturated heterocycles. The summed E-state index contributed by atoms with van der Waals surface area (Å²) >= 11 is 1.63. The van der Waals surface area contributed by atoms with Crippen LogP contribution in [0.2, 0.25) is 0 Å². The maximum Gasteiger partial charge on any atom is 0.269 e. The molecule has 7 heteroatoms. The van der Waals surface area contributed by atoms with E-state index in [-0.39, 0.29) is 24.2 Å². The van der Waals surface area contributed by atoms with E-state index in [2.05, 4.69) is 10.6 Å². The molecule has 0 bridgehead atoms. The second-order valence-corrected chi connectivity index (χ2v) is 6.57. The zero-order chi connectivity index (χ0) is 18.4. The Kier molecular flexibility index (Phi) is 5.73. The molecule has 0 fully saturated rings. The number of nitrogens with one attached hydrogen (secondary N) is 2. The Morgan fingerprint density at radius 3 is 2.38 bits per heavy atom. The van der Waals surface area contributed by atoms with Gasteiger partial charge in [-0.1, -0.05) is 36.4 Å². The molecule has 0 aliphatic carbocycles. The van der Waals surface area contributed by atoms with Crippen molar-refractivity contribution in [3.63, 3.8) is 0 Å². The van der Waals surface area contributed by atoms with Crippen LogP contribution in [0.5, 0.6) is 0 Å². The molecule has 0 aliphatic heterocycles. The zero-order valence-electron chi connectivity index (χ0n) is 13.8. The molecule has 2 N–H and O–H groups in total. The van der Waals surface area contributed by atoms with Gasteiger partial charge in [-0.05, 0) is 29.1 Å². The minimum absolute atomic E-state index is 0.0111. The number of nitrogens with zero attached hydrogens (tertiary/aromatic N) is 1. The fourth-order valence-corrected chi connectivity index (χ4v) is 3.38. The van der Waals surface area contributed by atoms with Crippen molar-refractivity contribution < 1.29 is 9.72 Å². The van der Waals surface area contributed by atoms with Crippen LogP contribution in [0, 0.1) is 10.1 Å². The molecule has 1 amide bonds. The van der Waals surface area contributed by atoms with E-state index >= 15 is 0 Å². The van der Waals surface area contributed by atoms with Crippen molar-refractivity contribution >= 4 is 28.6 Å². The predicted octanol–water partition coefficient (Wildman–Crippen LogP) is 3.97. The molecule has 0 spiro atoms. The second kappa shape index (κ2) is 8.37. The molecule has 3 rings (SSSR count). The number of rotatable bonds is 7. The molecule has 6 nitrogen and oxygen atoms in total. The summed E-state index contributed by atoms with van der Waals surface area (Å²) in [6.45, 7) is 0.119. The summed E-state index contributed by atoms with van der Waals surface area (Å²) in [6, 6.07) is 19.6. The van der Waals surface area contributed by atoms with Crippen molar-refractivity contribution in [1.29, 1.82) is 0 Å². The van der Waals surface area contributed by atoms with Crippen LogP contribution in [0.15, 0.2) is 72.1 Å². The van der Waals surface area contributed by atoms with Crippen molar-refractivity contribution in [2.24, 2.45) is 0 Å². The van der Waals surface area contributed by atoms with Gasteiger partial charge in [0.2, 0.25) is 5.91 Å². The standard InChI is InChI=1S/C19H17N3O3S/c23-18(21-15-8-10-16(11-9-15)22(24)25)13-20-19(17-7-4-12-26-17)14-5-2-1-3-6-14/h1-12,19-20H,13H2,(H,21,23)/t19-/m0/s1. The summed E-state index contributed by atoms with van der Waals surface area (Å²) in [4.78, 5) is 23.6. The third-order valence-corrected chi connectivity index (χ3v) is 4.73. The van der Waals surface area contributed by atoms with E-state index in [4.69, 9.17) is 0 Å². The van der Waals surface area contributed by atoms with Crippen molar-refractivity contribution in [3.8, 4) is 0 Å². The largest absolute Gasteiger partial charge is 0.325 e. The number of anilines is 1. The molecule has 2 aromatic carbocycles. The Hall–Kier alpha value is -3.03. The zero-order valence-corrected chi connectivity index (χ0v) is 14.6. The summed E-state index contributed by atoms with van der Waals surface area (Å²) in [5.41, 5.74) is 1.59. The molecule has 132 valence electrons. The van der Waals surface area contributed by atoms with Crippen molar-refractivity contribution in [2.75, 3.05) is 11.9 Å². The Bertz CT molecular complexity index is 865. The summed E-state index contributed by atoms with van der Waals surface area (Å²) < 4.78 is 0. The van der Waals surface area contributed by atoms with Gasteiger partial charge in [0.05, 0.1) is 17.5 Å². The second-order valence-electron chi connectivity index (χ2n) is 5.59. The first kappa shape index (κ1) is 17.8. The van der Waals surface area contributed by atoms with Crippen LogP contribution in [0.1, 0.15) is 16.5 Å². The molecule has 0 radical (unpaired) electrons. The molecule has 0 aliphatic rings. The number of benzene rings is 2. The smallest absolute Gasteiger partial charge is 0.269 e. The SMILES string of the molecule is O=C(CN[C@@H](c1ccccc1)c1cccs1)Nc1ccc([N+](=O)[O-])cc1. The average molecular weight is 367 g/mol. The summed E-state index contributed by atoms with van der Waals surface area (Å²) in [5.74, 6) is -0.212. The van der Waals surface area contributed by atoms with E-state index in [9.17, 15) is 14.9 Å². The lowest BCUT2D eigenvalue weighted by Gasteiger charge is -2.18. The Morgan fingerprint density at radius 2 is 1.77 bits per heavy atom. The number of hydrogen-bond donors (Lipinski definition) is 2. The third-order valence-electron chi connectivity index (χ3n) is 3.79. The molecule has 0 unspecified atom stereocenters. The summed E-state index contributed by atoms with van der Waals surface area (Å²) in [5, 5.41) is 18.7. The normalized spacial score (nSPS) is 11.7. The lowest BCUT2D eigenvalue weighted by atomic mass is 10.1. The number of nitro benzene ring substituents is 1. The molecule has 1 heterocycles. The van der Waals surface area contributed by atoms with Gasteiger partial charge in [0.1, 0.15) is 0 Å². The van der Waals surface area contributed by atoms with Crippen LogP contribution in [-0.2, 0) is 4.79 Å². The number of thiophene rings is 1. The van der Waals surface area contributed by atoms with Gasteiger partial charge in [-0.2, -0.15) is 0 Å². The van der Waals surface area contributed by atoms with Crippen LogP contribution in [-0.4, -0.2) is 17.4 Å². The van der Waals surface area contributed by atoms with Gasteiger partial charge >= 0.3 is 0 Å². The van der Waals surface area contributed by atoms with Crippen molar-refractivity contribution in [1.82, 2.24) is 5.32 Å². The Labute approximate surface area is 154 Å². The highest BCUT2D eigenvalue weighted by Gasteiger charge is 2.16. The van der Waals surface area contributed by atoms with E-state index in [1.165, 1.54) is 24.3 Å². The molecule has 3 aromatic rings. The third kappa shape index (κ3) is 4.53. The number of non-ortho nitro benzene ring substituents is 1. The first-order chi connectivity index (χ1) is 12.6. The number of nitro groups is 1. The van der Waals surface area contributed by atoms with Crippen LogP contribution in [0.3, 0.4) is 0 Å². The van der Waals surface area contributed by atoms with Crippen LogP contribution in [0.25, 0.3) is 0 Å². The van der Waals surface area contributed by atoms with Crippen LogP contribution in [0.4, 0.5) is 11.4 Å².